The molecule has 4 atom stereocenters. The number of anilines is 1. The van der Waals surface area contributed by atoms with Gasteiger partial charge < -0.3 is 15.0 Å². The molecule has 12 heteroatoms. The highest BCUT2D eigenvalue weighted by atomic mass is 19.4. The topological polar surface area (TPSA) is 108 Å². The molecule has 2 aliphatic rings. The number of alkyl halides is 3. The number of rotatable bonds is 8. The summed E-state index contributed by atoms with van der Waals surface area (Å²) < 4.78 is 44.0. The zero-order valence-corrected chi connectivity index (χ0v) is 24.0. The average Bonchev–Trinajstić information content (AvgIpc) is 3.46. The van der Waals surface area contributed by atoms with Crippen LogP contribution in [0.25, 0.3) is 0 Å². The SMILES string of the molecule is COC(=O)[C@]1(Cc2ccccc2)N[C@H](CN(C)C(=O)Nc2ccc(C(F)(F)F)cc2)[C@@H]2C(=O)N(Cc3ccccc3)C(=O)[C@@H]21. The smallest absolute Gasteiger partial charge is 0.416 e. The van der Waals surface area contributed by atoms with Crippen molar-refractivity contribution in [2.45, 2.75) is 30.7 Å². The molecular weight excluding hydrogens is 577 g/mol. The number of esters is 1. The van der Waals surface area contributed by atoms with Crippen molar-refractivity contribution < 1.29 is 37.1 Å². The molecule has 9 nitrogen and oxygen atoms in total. The maximum Gasteiger partial charge on any atom is 0.416 e. The summed E-state index contributed by atoms with van der Waals surface area (Å²) in [6.07, 6.45) is -4.46. The second-order valence-electron chi connectivity index (χ2n) is 11.0. The Kier molecular flexibility index (Phi) is 8.46. The molecule has 5 rings (SSSR count). The number of likely N-dealkylation sites (tertiary alicyclic amines) is 1. The minimum atomic E-state index is -4.52. The van der Waals surface area contributed by atoms with Gasteiger partial charge in [-0.05, 0) is 35.4 Å². The lowest BCUT2D eigenvalue weighted by molar-refractivity contribution is -0.154. The molecule has 0 radical (unpaired) electrons. The normalized spacial score (nSPS) is 22.9. The molecule has 0 aliphatic carbocycles. The van der Waals surface area contributed by atoms with Crippen LogP contribution in [0.5, 0.6) is 0 Å². The van der Waals surface area contributed by atoms with Gasteiger partial charge in [0.05, 0.1) is 31.1 Å². The summed E-state index contributed by atoms with van der Waals surface area (Å²) in [7, 11) is 2.67. The number of hydrogen-bond acceptors (Lipinski definition) is 6. The molecule has 0 bridgehead atoms. The number of methoxy groups -OCH3 is 1. The standard InChI is InChI=1S/C32H31F3N4O5/c1-38(30(43)36-23-15-13-22(14-16-23)32(33,34)35)19-24-25-26(28(41)39(27(25)40)18-21-11-7-4-8-12-21)31(37-24,29(42)44-2)17-20-9-5-3-6-10-20/h3-16,24-26,37H,17-19H2,1-2H3,(H,36,43)/t24-,25+,26-,31-/m1/s1. The molecule has 2 fully saturated rings. The fourth-order valence-corrected chi connectivity index (χ4v) is 6.12. The summed E-state index contributed by atoms with van der Waals surface area (Å²) in [5.74, 6) is -3.80. The van der Waals surface area contributed by atoms with Crippen molar-refractivity contribution in [1.29, 1.82) is 0 Å². The first-order valence-electron chi connectivity index (χ1n) is 13.9. The number of nitrogens with zero attached hydrogens (tertiary/aromatic N) is 2. The second kappa shape index (κ2) is 12.1. The number of urea groups is 1. The molecule has 0 spiro atoms. The highest BCUT2D eigenvalue weighted by Gasteiger charge is 2.68. The van der Waals surface area contributed by atoms with Crippen LogP contribution in [0.1, 0.15) is 16.7 Å². The molecule has 0 aromatic heterocycles. The lowest BCUT2D eigenvalue weighted by Crippen LogP contribution is -2.59. The van der Waals surface area contributed by atoms with E-state index in [0.29, 0.717) is 0 Å². The third-order valence-corrected chi connectivity index (χ3v) is 8.19. The molecule has 4 amide bonds. The number of benzene rings is 3. The fourth-order valence-electron chi connectivity index (χ4n) is 6.12. The Morgan fingerprint density at radius 3 is 2.09 bits per heavy atom. The summed E-state index contributed by atoms with van der Waals surface area (Å²) in [6, 6.07) is 20.5. The summed E-state index contributed by atoms with van der Waals surface area (Å²) in [5.41, 5.74) is -0.847. The van der Waals surface area contributed by atoms with E-state index >= 15 is 0 Å². The third-order valence-electron chi connectivity index (χ3n) is 8.19. The molecule has 44 heavy (non-hydrogen) atoms. The van der Waals surface area contributed by atoms with Crippen LogP contribution in [0.15, 0.2) is 84.9 Å². The molecule has 3 aromatic carbocycles. The quantitative estimate of drug-likeness (QED) is 0.295. The van der Waals surface area contributed by atoms with E-state index in [-0.39, 0.29) is 25.2 Å². The van der Waals surface area contributed by atoms with E-state index in [1.165, 1.54) is 19.1 Å². The van der Waals surface area contributed by atoms with Gasteiger partial charge >= 0.3 is 18.2 Å². The van der Waals surface area contributed by atoms with Crippen LogP contribution >= 0.6 is 0 Å². The van der Waals surface area contributed by atoms with Crippen molar-refractivity contribution in [3.05, 3.63) is 102 Å². The zero-order valence-electron chi connectivity index (χ0n) is 24.0. The van der Waals surface area contributed by atoms with Crippen molar-refractivity contribution in [2.24, 2.45) is 11.8 Å². The number of carbonyl (C=O) groups is 4. The van der Waals surface area contributed by atoms with Crippen LogP contribution < -0.4 is 10.6 Å². The number of hydrogen-bond donors (Lipinski definition) is 2. The molecule has 2 aliphatic heterocycles. The van der Waals surface area contributed by atoms with E-state index in [2.05, 4.69) is 10.6 Å². The molecule has 2 heterocycles. The molecule has 2 N–H and O–H groups in total. The molecule has 0 saturated carbocycles. The Morgan fingerprint density at radius 1 is 0.932 bits per heavy atom. The first-order valence-corrected chi connectivity index (χ1v) is 13.9. The maximum atomic E-state index is 14.0. The van der Waals surface area contributed by atoms with E-state index in [1.54, 1.807) is 48.5 Å². The van der Waals surface area contributed by atoms with E-state index in [0.717, 1.165) is 40.3 Å². The lowest BCUT2D eigenvalue weighted by atomic mass is 9.76. The van der Waals surface area contributed by atoms with Crippen LogP contribution in [-0.2, 0) is 38.3 Å². The Labute approximate surface area is 252 Å². The fraction of sp³-hybridized carbons (Fsp3) is 0.312. The Bertz CT molecular complexity index is 1530. The Hall–Kier alpha value is -4.71. The van der Waals surface area contributed by atoms with Gasteiger partial charge in [0.15, 0.2) is 0 Å². The monoisotopic (exact) mass is 608 g/mol. The average molecular weight is 609 g/mol. The summed E-state index contributed by atoms with van der Waals surface area (Å²) in [5, 5.41) is 5.78. The van der Waals surface area contributed by atoms with Gasteiger partial charge in [-0.1, -0.05) is 60.7 Å². The van der Waals surface area contributed by atoms with Crippen LogP contribution in [0, 0.1) is 11.8 Å². The number of amides is 4. The van der Waals surface area contributed by atoms with Gasteiger partial charge in [0.2, 0.25) is 11.8 Å². The highest BCUT2D eigenvalue weighted by Crippen LogP contribution is 2.45. The summed E-state index contributed by atoms with van der Waals surface area (Å²) in [4.78, 5) is 57.0. The first-order chi connectivity index (χ1) is 20.9. The Morgan fingerprint density at radius 2 is 1.52 bits per heavy atom. The predicted octanol–water partition coefficient (Wildman–Crippen LogP) is 4.10. The van der Waals surface area contributed by atoms with Gasteiger partial charge in [0, 0.05) is 31.7 Å². The maximum absolute atomic E-state index is 14.0. The zero-order chi connectivity index (χ0) is 31.6. The third kappa shape index (κ3) is 5.89. The Balaban J connectivity index is 1.44. The van der Waals surface area contributed by atoms with Crippen molar-refractivity contribution in [3.8, 4) is 0 Å². The minimum absolute atomic E-state index is 0.0189. The van der Waals surface area contributed by atoms with Gasteiger partial charge in [-0.15, -0.1) is 0 Å². The van der Waals surface area contributed by atoms with Gasteiger partial charge in [0.25, 0.3) is 0 Å². The van der Waals surface area contributed by atoms with Crippen LogP contribution in [-0.4, -0.2) is 65.9 Å². The number of likely N-dealkylation sites (N-methyl/N-ethyl adjacent to an activating group) is 1. The molecule has 0 unspecified atom stereocenters. The number of ether oxygens (including phenoxy) is 1. The number of carbonyl (C=O) groups excluding carboxylic acids is 4. The van der Waals surface area contributed by atoms with Gasteiger partial charge in [0.1, 0.15) is 5.54 Å². The predicted molar refractivity (Wildman–Crippen MR) is 154 cm³/mol. The number of imide groups is 1. The van der Waals surface area contributed by atoms with E-state index in [9.17, 15) is 32.3 Å². The van der Waals surface area contributed by atoms with E-state index in [4.69, 9.17) is 4.74 Å². The number of fused-ring (bicyclic) bond motifs is 1. The van der Waals surface area contributed by atoms with Crippen LogP contribution in [0.2, 0.25) is 0 Å². The van der Waals surface area contributed by atoms with Crippen molar-refractivity contribution in [3.63, 3.8) is 0 Å². The molecule has 3 aromatic rings. The lowest BCUT2D eigenvalue weighted by Gasteiger charge is -2.33. The highest BCUT2D eigenvalue weighted by molar-refractivity contribution is 6.09. The van der Waals surface area contributed by atoms with Crippen LogP contribution in [0.3, 0.4) is 0 Å². The van der Waals surface area contributed by atoms with E-state index in [1.807, 2.05) is 12.1 Å². The van der Waals surface area contributed by atoms with Gasteiger partial charge in [-0.2, -0.15) is 13.2 Å². The van der Waals surface area contributed by atoms with Crippen molar-refractivity contribution in [1.82, 2.24) is 15.1 Å². The molecule has 2 saturated heterocycles. The van der Waals surface area contributed by atoms with E-state index < -0.39 is 59.0 Å². The number of halogens is 3. The minimum Gasteiger partial charge on any atom is -0.468 e. The molecule has 230 valence electrons. The largest absolute Gasteiger partial charge is 0.468 e. The summed E-state index contributed by atoms with van der Waals surface area (Å²) >= 11 is 0. The van der Waals surface area contributed by atoms with Crippen molar-refractivity contribution in [2.75, 3.05) is 26.0 Å². The van der Waals surface area contributed by atoms with Gasteiger partial charge in [-0.3, -0.25) is 24.6 Å². The van der Waals surface area contributed by atoms with Gasteiger partial charge in [-0.25, -0.2) is 4.79 Å². The summed E-state index contributed by atoms with van der Waals surface area (Å²) in [6.45, 7) is -0.0789. The second-order valence-corrected chi connectivity index (χ2v) is 11.0. The first kappa shape index (κ1) is 30.7. The number of nitrogens with one attached hydrogen (secondary N) is 2. The molecular formula is C32H31F3N4O5. The van der Waals surface area contributed by atoms with Crippen molar-refractivity contribution >= 4 is 29.5 Å². The van der Waals surface area contributed by atoms with Crippen LogP contribution in [0.4, 0.5) is 23.7 Å².